The molecule has 0 fully saturated rings. The maximum atomic E-state index is 8.27. The van der Waals surface area contributed by atoms with Crippen LogP contribution >= 0.6 is 0 Å². The fourth-order valence-electron chi connectivity index (χ4n) is 4.57. The number of hydrogen-bond acceptors (Lipinski definition) is 2. The second-order valence-electron chi connectivity index (χ2n) is 8.36. The monoisotopic (exact) mass is 365 g/mol. The maximum Gasteiger partial charge on any atom is 0.116 e. The first-order valence-electron chi connectivity index (χ1n) is 10.3. The number of fused-ring (bicyclic) bond motifs is 5. The molecule has 0 atom stereocenters. The average molecular weight is 365 g/mol. The van der Waals surface area contributed by atoms with Gasteiger partial charge in [0.2, 0.25) is 0 Å². The Morgan fingerprint density at radius 1 is 0.893 bits per heavy atom. The Labute approximate surface area is 167 Å². The summed E-state index contributed by atoms with van der Waals surface area (Å²) in [4.78, 5) is 9.43. The summed E-state index contributed by atoms with van der Waals surface area (Å²) in [6, 6.07) is 21.2. The second kappa shape index (κ2) is 6.00. The van der Waals surface area contributed by atoms with Crippen molar-refractivity contribution >= 4 is 10.8 Å². The normalized spacial score (nSPS) is 15.2. The molecule has 1 aliphatic carbocycles. The predicted molar refractivity (Wildman–Crippen MR) is 117 cm³/mol. The van der Waals surface area contributed by atoms with E-state index in [4.69, 9.17) is 11.3 Å². The summed E-state index contributed by atoms with van der Waals surface area (Å²) in [6.07, 6.45) is 1.69. The van der Waals surface area contributed by atoms with E-state index in [1.165, 1.54) is 21.9 Å². The fraction of sp³-hybridized carbons (Fsp3) is 0.231. The van der Waals surface area contributed by atoms with Crippen LogP contribution in [0.3, 0.4) is 0 Å². The van der Waals surface area contributed by atoms with Crippen LogP contribution in [0.15, 0.2) is 67.0 Å². The minimum Gasteiger partial charge on any atom is -0.240 e. The van der Waals surface area contributed by atoms with Crippen molar-refractivity contribution in [3.8, 4) is 22.4 Å². The van der Waals surface area contributed by atoms with Crippen molar-refractivity contribution in [3.63, 3.8) is 0 Å². The van der Waals surface area contributed by atoms with Crippen LogP contribution in [0.5, 0.6) is 0 Å². The molecule has 1 aromatic heterocycles. The Bertz CT molecular complexity index is 1250. The molecule has 2 heteroatoms. The van der Waals surface area contributed by atoms with Gasteiger partial charge in [0, 0.05) is 17.9 Å². The van der Waals surface area contributed by atoms with Gasteiger partial charge in [0.15, 0.2) is 0 Å². The molecule has 0 saturated heterocycles. The van der Waals surface area contributed by atoms with Gasteiger partial charge in [-0.05, 0) is 33.4 Å². The van der Waals surface area contributed by atoms with E-state index in [9.17, 15) is 0 Å². The highest BCUT2D eigenvalue weighted by atomic mass is 14.9. The van der Waals surface area contributed by atoms with Crippen molar-refractivity contribution in [2.45, 2.75) is 39.0 Å². The SMILES string of the molecule is [2H]C(C)(C)c1ccc(-c2ncnc3c2-c2ccc4ccccc4c2C3(C)C)cc1. The topological polar surface area (TPSA) is 25.8 Å². The predicted octanol–water partition coefficient (Wildman–Crippen LogP) is 6.73. The van der Waals surface area contributed by atoms with Crippen molar-refractivity contribution in [3.05, 3.63) is 83.8 Å². The largest absolute Gasteiger partial charge is 0.240 e. The molecule has 0 N–H and O–H groups in total. The minimum absolute atomic E-state index is 0.188. The van der Waals surface area contributed by atoms with Crippen LogP contribution in [0, 0.1) is 0 Å². The first kappa shape index (κ1) is 16.0. The Kier molecular flexibility index (Phi) is 3.43. The molecule has 1 aliphatic rings. The van der Waals surface area contributed by atoms with Gasteiger partial charge in [-0.2, -0.15) is 0 Å². The van der Waals surface area contributed by atoms with Gasteiger partial charge >= 0.3 is 0 Å². The van der Waals surface area contributed by atoms with Crippen LogP contribution in [0.25, 0.3) is 33.2 Å². The summed E-state index contributed by atoms with van der Waals surface area (Å²) >= 11 is 0. The van der Waals surface area contributed by atoms with Crippen LogP contribution < -0.4 is 0 Å². The summed E-state index contributed by atoms with van der Waals surface area (Å²) in [5, 5.41) is 2.54. The van der Waals surface area contributed by atoms with Gasteiger partial charge < -0.3 is 0 Å². The Balaban J connectivity index is 1.77. The van der Waals surface area contributed by atoms with Gasteiger partial charge in [0.05, 0.1) is 11.4 Å². The minimum atomic E-state index is -0.611. The van der Waals surface area contributed by atoms with E-state index >= 15 is 0 Å². The van der Waals surface area contributed by atoms with Gasteiger partial charge in [0.1, 0.15) is 6.33 Å². The Morgan fingerprint density at radius 3 is 2.39 bits per heavy atom. The second-order valence-corrected chi connectivity index (χ2v) is 8.36. The first-order valence-corrected chi connectivity index (χ1v) is 9.77. The van der Waals surface area contributed by atoms with E-state index < -0.39 is 5.89 Å². The summed E-state index contributed by atoms with van der Waals surface area (Å²) < 4.78 is 8.27. The lowest BCUT2D eigenvalue weighted by atomic mass is 9.82. The molecule has 2 nitrogen and oxygen atoms in total. The first-order chi connectivity index (χ1) is 13.8. The number of aromatic nitrogens is 2. The van der Waals surface area contributed by atoms with Gasteiger partial charge in [-0.3, -0.25) is 0 Å². The molecule has 0 amide bonds. The maximum absolute atomic E-state index is 8.27. The lowest BCUT2D eigenvalue weighted by Crippen LogP contribution is -2.17. The zero-order valence-electron chi connectivity index (χ0n) is 17.7. The number of benzene rings is 3. The van der Waals surface area contributed by atoms with Crippen molar-refractivity contribution in [2.24, 2.45) is 0 Å². The molecule has 0 spiro atoms. The van der Waals surface area contributed by atoms with E-state index in [1.807, 2.05) is 26.0 Å². The summed E-state index contributed by atoms with van der Waals surface area (Å²) in [7, 11) is 0. The highest BCUT2D eigenvalue weighted by Crippen LogP contribution is 2.52. The van der Waals surface area contributed by atoms with Crippen molar-refractivity contribution in [1.29, 1.82) is 0 Å². The van der Waals surface area contributed by atoms with Crippen LogP contribution in [-0.2, 0) is 5.41 Å². The van der Waals surface area contributed by atoms with E-state index in [1.54, 1.807) is 6.33 Å². The molecular formula is C26H24N2. The van der Waals surface area contributed by atoms with Crippen LogP contribution in [-0.4, -0.2) is 9.97 Å². The zero-order chi connectivity index (χ0) is 20.4. The molecule has 0 unspecified atom stereocenters. The molecule has 5 rings (SSSR count). The van der Waals surface area contributed by atoms with E-state index in [0.29, 0.717) is 0 Å². The van der Waals surface area contributed by atoms with Gasteiger partial charge in [-0.15, -0.1) is 0 Å². The fourth-order valence-corrected chi connectivity index (χ4v) is 4.57. The Morgan fingerprint density at radius 2 is 1.64 bits per heavy atom. The van der Waals surface area contributed by atoms with Crippen molar-refractivity contribution in [1.82, 2.24) is 9.97 Å². The molecule has 0 aliphatic heterocycles. The van der Waals surface area contributed by atoms with Gasteiger partial charge in [-0.1, -0.05) is 88.4 Å². The van der Waals surface area contributed by atoms with Gasteiger partial charge in [0.25, 0.3) is 0 Å². The summed E-state index contributed by atoms with van der Waals surface area (Å²) in [6.45, 7) is 8.34. The summed E-state index contributed by atoms with van der Waals surface area (Å²) in [5.41, 5.74) is 7.61. The molecular weight excluding hydrogens is 340 g/mol. The number of nitrogens with zero attached hydrogens (tertiary/aromatic N) is 2. The molecule has 28 heavy (non-hydrogen) atoms. The molecule has 0 saturated carbocycles. The van der Waals surface area contributed by atoms with E-state index in [0.717, 1.165) is 28.1 Å². The molecule has 0 radical (unpaired) electrons. The quantitative estimate of drug-likeness (QED) is 0.394. The zero-order valence-corrected chi connectivity index (χ0v) is 16.7. The van der Waals surface area contributed by atoms with E-state index in [2.05, 4.69) is 62.4 Å². The third kappa shape index (κ3) is 2.34. The average Bonchev–Trinajstić information content (AvgIpc) is 2.95. The lowest BCUT2D eigenvalue weighted by molar-refractivity contribution is 0.640. The summed E-state index contributed by atoms with van der Waals surface area (Å²) in [5.74, 6) is -0.611. The van der Waals surface area contributed by atoms with Crippen LogP contribution in [0.1, 0.15) is 51.8 Å². The third-order valence-electron chi connectivity index (χ3n) is 6.00. The van der Waals surface area contributed by atoms with Crippen molar-refractivity contribution < 1.29 is 1.37 Å². The molecule has 4 aromatic rings. The number of hydrogen-bond donors (Lipinski definition) is 0. The van der Waals surface area contributed by atoms with Crippen molar-refractivity contribution in [2.75, 3.05) is 0 Å². The lowest BCUT2D eigenvalue weighted by Gasteiger charge is -2.21. The van der Waals surface area contributed by atoms with Crippen LogP contribution in [0.2, 0.25) is 0 Å². The molecule has 3 aromatic carbocycles. The third-order valence-corrected chi connectivity index (χ3v) is 6.00. The van der Waals surface area contributed by atoms with E-state index in [-0.39, 0.29) is 5.41 Å². The highest BCUT2D eigenvalue weighted by molar-refractivity contribution is 6.00. The highest BCUT2D eigenvalue weighted by Gasteiger charge is 2.40. The molecule has 0 bridgehead atoms. The van der Waals surface area contributed by atoms with Gasteiger partial charge in [-0.25, -0.2) is 9.97 Å². The number of rotatable bonds is 2. The van der Waals surface area contributed by atoms with Crippen LogP contribution in [0.4, 0.5) is 0 Å². The Hall–Kier alpha value is -3.00. The standard InChI is InChI=1S/C26H24N2/c1-16(2)17-9-11-19(12-10-17)24-22-21-14-13-18-7-5-6-8-20(18)23(21)26(3,4)25(22)28-15-27-24/h5-16H,1-4H3/i16D. The smallest absolute Gasteiger partial charge is 0.116 e. The molecule has 1 heterocycles. The molecule has 138 valence electrons.